The molecule has 0 atom stereocenters. The molecule has 0 unspecified atom stereocenters. The third-order valence-corrected chi connectivity index (χ3v) is 5.35. The summed E-state index contributed by atoms with van der Waals surface area (Å²) in [5, 5.41) is 12.3. The molecule has 1 heterocycles. The molecule has 2 rings (SSSR count). The molecular formula is C17H21NO2S2. The number of hydrogen-bond acceptors (Lipinski definition) is 4. The fourth-order valence-electron chi connectivity index (χ4n) is 2.05. The minimum atomic E-state index is -0.829. The Hall–Kier alpha value is -1.30. The van der Waals surface area contributed by atoms with E-state index in [9.17, 15) is 4.79 Å². The molecule has 3 nitrogen and oxygen atoms in total. The van der Waals surface area contributed by atoms with Crippen LogP contribution in [0, 0.1) is 0 Å². The SMILES string of the molecule is O=C(O)c1ccc(CCCNCCSCc2ccccc2)s1. The first-order chi connectivity index (χ1) is 10.8. The highest BCUT2D eigenvalue weighted by Gasteiger charge is 2.06. The van der Waals surface area contributed by atoms with Crippen LogP contribution in [0.3, 0.4) is 0 Å². The Morgan fingerprint density at radius 3 is 2.68 bits per heavy atom. The standard InChI is InChI=1S/C17H21NO2S2/c19-17(20)16-9-8-15(22-16)7-4-10-18-11-12-21-13-14-5-2-1-3-6-14/h1-3,5-6,8-9,18H,4,7,10-13H2,(H,19,20). The van der Waals surface area contributed by atoms with Gasteiger partial charge in [-0.2, -0.15) is 11.8 Å². The zero-order chi connectivity index (χ0) is 15.6. The highest BCUT2D eigenvalue weighted by molar-refractivity contribution is 7.98. The topological polar surface area (TPSA) is 49.3 Å². The van der Waals surface area contributed by atoms with Gasteiger partial charge in [0.2, 0.25) is 0 Å². The van der Waals surface area contributed by atoms with Crippen LogP contribution in [0.5, 0.6) is 0 Å². The summed E-state index contributed by atoms with van der Waals surface area (Å²) in [4.78, 5) is 12.4. The van der Waals surface area contributed by atoms with Crippen molar-refractivity contribution in [1.82, 2.24) is 5.32 Å². The van der Waals surface area contributed by atoms with Gasteiger partial charge >= 0.3 is 5.97 Å². The molecule has 0 amide bonds. The molecule has 2 N–H and O–H groups in total. The number of rotatable bonds is 10. The van der Waals surface area contributed by atoms with Crippen molar-refractivity contribution in [2.75, 3.05) is 18.8 Å². The van der Waals surface area contributed by atoms with E-state index in [1.807, 2.05) is 23.9 Å². The van der Waals surface area contributed by atoms with Crippen LogP contribution >= 0.6 is 23.1 Å². The fourth-order valence-corrected chi connectivity index (χ4v) is 3.80. The second-order valence-corrected chi connectivity index (χ2v) is 7.24. The minimum absolute atomic E-state index is 0.431. The molecule has 5 heteroatoms. The smallest absolute Gasteiger partial charge is 0.345 e. The Bertz CT molecular complexity index is 569. The molecule has 0 bridgehead atoms. The number of carboxylic acids is 1. The fraction of sp³-hybridized carbons (Fsp3) is 0.353. The molecule has 0 aliphatic rings. The predicted octanol–water partition coefficient (Wildman–Crippen LogP) is 3.90. The number of carboxylic acid groups (broad SMARTS) is 1. The molecule has 0 saturated carbocycles. The molecule has 0 aliphatic heterocycles. The maximum absolute atomic E-state index is 10.8. The quantitative estimate of drug-likeness (QED) is 0.647. The van der Waals surface area contributed by atoms with Crippen molar-refractivity contribution in [3.63, 3.8) is 0 Å². The maximum atomic E-state index is 10.8. The molecule has 1 aromatic carbocycles. The first kappa shape index (κ1) is 17.1. The van der Waals surface area contributed by atoms with Gasteiger partial charge in [0.05, 0.1) is 0 Å². The molecular weight excluding hydrogens is 314 g/mol. The number of thiophene rings is 1. The molecule has 0 spiro atoms. The van der Waals surface area contributed by atoms with Crippen LogP contribution in [0.4, 0.5) is 0 Å². The minimum Gasteiger partial charge on any atom is -0.477 e. The lowest BCUT2D eigenvalue weighted by molar-refractivity contribution is 0.0702. The van der Waals surface area contributed by atoms with Gasteiger partial charge < -0.3 is 10.4 Å². The van der Waals surface area contributed by atoms with Crippen molar-refractivity contribution in [3.05, 3.63) is 57.8 Å². The van der Waals surface area contributed by atoms with E-state index in [1.54, 1.807) is 6.07 Å². The first-order valence-corrected chi connectivity index (χ1v) is 9.37. The normalized spacial score (nSPS) is 10.7. The Kier molecular flexibility index (Phi) is 7.49. The summed E-state index contributed by atoms with van der Waals surface area (Å²) in [6, 6.07) is 14.1. The number of nitrogens with one attached hydrogen (secondary N) is 1. The highest BCUT2D eigenvalue weighted by atomic mass is 32.2. The Balaban J connectivity index is 1.48. The number of benzene rings is 1. The summed E-state index contributed by atoms with van der Waals surface area (Å²) in [5.41, 5.74) is 1.37. The summed E-state index contributed by atoms with van der Waals surface area (Å²) in [5.74, 6) is 1.34. The summed E-state index contributed by atoms with van der Waals surface area (Å²) >= 11 is 3.32. The number of hydrogen-bond donors (Lipinski definition) is 2. The van der Waals surface area contributed by atoms with E-state index in [2.05, 4.69) is 29.6 Å². The average Bonchev–Trinajstić information content (AvgIpc) is 3.00. The van der Waals surface area contributed by atoms with Crippen LogP contribution in [-0.2, 0) is 12.2 Å². The second kappa shape index (κ2) is 9.66. The van der Waals surface area contributed by atoms with Crippen LogP contribution in [-0.4, -0.2) is 29.9 Å². The van der Waals surface area contributed by atoms with E-state index < -0.39 is 5.97 Å². The van der Waals surface area contributed by atoms with Crippen LogP contribution in [0.25, 0.3) is 0 Å². The third-order valence-electron chi connectivity index (χ3n) is 3.18. The van der Waals surface area contributed by atoms with Gasteiger partial charge in [-0.3, -0.25) is 0 Å². The molecule has 118 valence electrons. The summed E-state index contributed by atoms with van der Waals surface area (Å²) in [7, 11) is 0. The van der Waals surface area contributed by atoms with Crippen molar-refractivity contribution in [2.45, 2.75) is 18.6 Å². The Morgan fingerprint density at radius 2 is 1.95 bits per heavy atom. The number of thioether (sulfide) groups is 1. The number of aromatic carboxylic acids is 1. The van der Waals surface area contributed by atoms with Gasteiger partial charge in [0, 0.05) is 22.9 Å². The van der Waals surface area contributed by atoms with E-state index in [1.165, 1.54) is 16.9 Å². The molecule has 0 fully saturated rings. The van der Waals surface area contributed by atoms with Gasteiger partial charge in [-0.1, -0.05) is 30.3 Å². The van der Waals surface area contributed by atoms with Crippen molar-refractivity contribution >= 4 is 29.1 Å². The second-order valence-electron chi connectivity index (χ2n) is 4.96. The van der Waals surface area contributed by atoms with Gasteiger partial charge in [0.1, 0.15) is 4.88 Å². The van der Waals surface area contributed by atoms with E-state index in [0.29, 0.717) is 4.88 Å². The lowest BCUT2D eigenvalue weighted by Gasteiger charge is -2.04. The first-order valence-electron chi connectivity index (χ1n) is 7.40. The predicted molar refractivity (Wildman–Crippen MR) is 95.1 cm³/mol. The molecule has 1 aromatic heterocycles. The monoisotopic (exact) mass is 335 g/mol. The summed E-state index contributed by atoms with van der Waals surface area (Å²) < 4.78 is 0. The van der Waals surface area contributed by atoms with Crippen LogP contribution in [0.15, 0.2) is 42.5 Å². The lowest BCUT2D eigenvalue weighted by atomic mass is 10.2. The number of carbonyl (C=O) groups is 1. The van der Waals surface area contributed by atoms with Crippen molar-refractivity contribution in [1.29, 1.82) is 0 Å². The maximum Gasteiger partial charge on any atom is 0.345 e. The van der Waals surface area contributed by atoms with Crippen LogP contribution in [0.2, 0.25) is 0 Å². The molecule has 22 heavy (non-hydrogen) atoms. The van der Waals surface area contributed by atoms with Crippen LogP contribution in [0.1, 0.15) is 26.5 Å². The molecule has 0 radical (unpaired) electrons. The van der Waals surface area contributed by atoms with Gasteiger partial charge in [0.25, 0.3) is 0 Å². The summed E-state index contributed by atoms with van der Waals surface area (Å²) in [6.45, 7) is 1.99. The zero-order valence-electron chi connectivity index (χ0n) is 12.5. The van der Waals surface area contributed by atoms with Crippen molar-refractivity contribution in [3.8, 4) is 0 Å². The van der Waals surface area contributed by atoms with Crippen molar-refractivity contribution < 1.29 is 9.90 Å². The Labute approximate surface area is 139 Å². The van der Waals surface area contributed by atoms with E-state index in [4.69, 9.17) is 5.11 Å². The molecule has 0 aliphatic carbocycles. The number of aryl methyl sites for hydroxylation is 1. The van der Waals surface area contributed by atoms with Crippen molar-refractivity contribution in [2.24, 2.45) is 0 Å². The van der Waals surface area contributed by atoms with Gasteiger partial charge in [-0.15, -0.1) is 11.3 Å². The summed E-state index contributed by atoms with van der Waals surface area (Å²) in [6.07, 6.45) is 1.99. The largest absolute Gasteiger partial charge is 0.477 e. The van der Waals surface area contributed by atoms with Gasteiger partial charge in [-0.25, -0.2) is 4.79 Å². The highest BCUT2D eigenvalue weighted by Crippen LogP contribution is 2.17. The molecule has 2 aromatic rings. The lowest BCUT2D eigenvalue weighted by Crippen LogP contribution is -2.18. The van der Waals surface area contributed by atoms with E-state index in [0.717, 1.165) is 42.3 Å². The van der Waals surface area contributed by atoms with E-state index in [-0.39, 0.29) is 0 Å². The van der Waals surface area contributed by atoms with Gasteiger partial charge in [-0.05, 0) is 37.1 Å². The van der Waals surface area contributed by atoms with E-state index >= 15 is 0 Å². The zero-order valence-corrected chi connectivity index (χ0v) is 14.1. The average molecular weight is 335 g/mol. The van der Waals surface area contributed by atoms with Crippen LogP contribution < -0.4 is 5.32 Å². The van der Waals surface area contributed by atoms with Gasteiger partial charge in [0.15, 0.2) is 0 Å². The Morgan fingerprint density at radius 1 is 1.14 bits per heavy atom. The third kappa shape index (κ3) is 6.22. The molecule has 0 saturated heterocycles.